The molecule has 3 aromatic rings. The van der Waals surface area contributed by atoms with Gasteiger partial charge in [0.15, 0.2) is 5.69 Å². The third kappa shape index (κ3) is 3.49. The molecule has 0 unspecified atom stereocenters. The standard InChI is InChI=1S/C16H11F3N4O2/c17-16(18,19)12-5-1-3-10(7-12)9-23-14(11-4-2-6-20-8-11)13(15(24)25)21-22-23/h1-8H,9H2,(H,24,25). The van der Waals surface area contributed by atoms with E-state index in [-0.39, 0.29) is 17.9 Å². The van der Waals surface area contributed by atoms with E-state index in [0.29, 0.717) is 11.1 Å². The molecule has 1 N–H and O–H groups in total. The number of hydrogen-bond acceptors (Lipinski definition) is 4. The number of benzene rings is 1. The van der Waals surface area contributed by atoms with Crippen LogP contribution in [-0.2, 0) is 12.7 Å². The first-order valence-corrected chi connectivity index (χ1v) is 7.09. The van der Waals surface area contributed by atoms with Crippen LogP contribution in [0.4, 0.5) is 13.2 Å². The van der Waals surface area contributed by atoms with E-state index in [2.05, 4.69) is 15.3 Å². The van der Waals surface area contributed by atoms with Gasteiger partial charge in [0.25, 0.3) is 0 Å². The van der Waals surface area contributed by atoms with Crippen LogP contribution in [0.1, 0.15) is 21.6 Å². The van der Waals surface area contributed by atoms with Crippen LogP contribution in [0.25, 0.3) is 11.3 Å². The highest BCUT2D eigenvalue weighted by atomic mass is 19.4. The van der Waals surface area contributed by atoms with Gasteiger partial charge in [-0.1, -0.05) is 17.3 Å². The van der Waals surface area contributed by atoms with E-state index < -0.39 is 17.7 Å². The summed E-state index contributed by atoms with van der Waals surface area (Å²) in [6.45, 7) is -0.0611. The Bertz CT molecular complexity index is 907. The van der Waals surface area contributed by atoms with Gasteiger partial charge in [-0.05, 0) is 29.8 Å². The fraction of sp³-hybridized carbons (Fsp3) is 0.125. The molecule has 0 saturated carbocycles. The molecule has 0 fully saturated rings. The van der Waals surface area contributed by atoms with Crippen LogP contribution in [0.15, 0.2) is 48.8 Å². The van der Waals surface area contributed by atoms with E-state index in [4.69, 9.17) is 0 Å². The molecule has 3 rings (SSSR count). The minimum Gasteiger partial charge on any atom is -0.476 e. The Morgan fingerprint density at radius 3 is 2.64 bits per heavy atom. The Kier molecular flexibility index (Phi) is 4.22. The number of aromatic carboxylic acids is 1. The van der Waals surface area contributed by atoms with E-state index in [1.807, 2.05) is 0 Å². The molecule has 0 saturated heterocycles. The molecule has 0 amide bonds. The maximum absolute atomic E-state index is 12.8. The zero-order valence-corrected chi connectivity index (χ0v) is 12.6. The van der Waals surface area contributed by atoms with Gasteiger partial charge in [0.05, 0.1) is 12.1 Å². The quantitative estimate of drug-likeness (QED) is 0.784. The predicted octanol–water partition coefficient (Wildman–Crippen LogP) is 3.11. The zero-order valence-electron chi connectivity index (χ0n) is 12.6. The predicted molar refractivity (Wildman–Crippen MR) is 80.8 cm³/mol. The van der Waals surface area contributed by atoms with Crippen LogP contribution < -0.4 is 0 Å². The lowest BCUT2D eigenvalue weighted by Gasteiger charge is -2.10. The molecule has 0 aliphatic carbocycles. The highest BCUT2D eigenvalue weighted by molar-refractivity contribution is 5.92. The number of rotatable bonds is 4. The molecule has 2 heterocycles. The molecular weight excluding hydrogens is 337 g/mol. The van der Waals surface area contributed by atoms with Crippen LogP contribution in [0, 0.1) is 0 Å². The number of halogens is 3. The van der Waals surface area contributed by atoms with E-state index in [1.165, 1.54) is 29.2 Å². The van der Waals surface area contributed by atoms with Gasteiger partial charge in [-0.2, -0.15) is 13.2 Å². The van der Waals surface area contributed by atoms with E-state index in [9.17, 15) is 23.1 Å². The normalized spacial score (nSPS) is 11.5. The van der Waals surface area contributed by atoms with Crippen molar-refractivity contribution < 1.29 is 23.1 Å². The fourth-order valence-corrected chi connectivity index (χ4v) is 2.38. The van der Waals surface area contributed by atoms with Gasteiger partial charge in [0, 0.05) is 18.0 Å². The lowest BCUT2D eigenvalue weighted by Crippen LogP contribution is -2.09. The summed E-state index contributed by atoms with van der Waals surface area (Å²) < 4.78 is 39.8. The molecule has 0 spiro atoms. The molecule has 128 valence electrons. The first-order valence-electron chi connectivity index (χ1n) is 7.09. The first-order chi connectivity index (χ1) is 11.9. The molecule has 0 aliphatic rings. The van der Waals surface area contributed by atoms with Crippen molar-refractivity contribution >= 4 is 5.97 Å². The molecule has 6 nitrogen and oxygen atoms in total. The summed E-state index contributed by atoms with van der Waals surface area (Å²) in [6.07, 6.45) is -1.50. The molecule has 2 aromatic heterocycles. The van der Waals surface area contributed by atoms with Gasteiger partial charge in [-0.15, -0.1) is 5.10 Å². The maximum atomic E-state index is 12.8. The summed E-state index contributed by atoms with van der Waals surface area (Å²) in [5, 5.41) is 16.7. The molecular formula is C16H11F3N4O2. The van der Waals surface area contributed by atoms with Crippen molar-refractivity contribution in [2.24, 2.45) is 0 Å². The van der Waals surface area contributed by atoms with Crippen molar-refractivity contribution in [2.75, 3.05) is 0 Å². The lowest BCUT2D eigenvalue weighted by molar-refractivity contribution is -0.137. The van der Waals surface area contributed by atoms with Crippen LogP contribution in [0.3, 0.4) is 0 Å². The van der Waals surface area contributed by atoms with Gasteiger partial charge in [-0.25, -0.2) is 9.48 Å². The average Bonchev–Trinajstić information content (AvgIpc) is 2.99. The highest BCUT2D eigenvalue weighted by Crippen LogP contribution is 2.30. The Labute approximate surface area is 139 Å². The topological polar surface area (TPSA) is 80.9 Å². The largest absolute Gasteiger partial charge is 0.476 e. The van der Waals surface area contributed by atoms with E-state index in [0.717, 1.165) is 12.1 Å². The van der Waals surface area contributed by atoms with Crippen molar-refractivity contribution in [3.63, 3.8) is 0 Å². The van der Waals surface area contributed by atoms with Gasteiger partial charge in [0.1, 0.15) is 5.69 Å². The maximum Gasteiger partial charge on any atom is 0.416 e. The second-order valence-corrected chi connectivity index (χ2v) is 5.19. The summed E-state index contributed by atoms with van der Waals surface area (Å²) in [4.78, 5) is 15.3. The van der Waals surface area contributed by atoms with Crippen LogP contribution in [-0.4, -0.2) is 31.1 Å². The Morgan fingerprint density at radius 2 is 2.00 bits per heavy atom. The van der Waals surface area contributed by atoms with Gasteiger partial charge in [-0.3, -0.25) is 4.98 Å². The summed E-state index contributed by atoms with van der Waals surface area (Å²) in [7, 11) is 0. The molecule has 9 heteroatoms. The van der Waals surface area contributed by atoms with E-state index in [1.54, 1.807) is 12.1 Å². The summed E-state index contributed by atoms with van der Waals surface area (Å²) in [6, 6.07) is 8.00. The van der Waals surface area contributed by atoms with Gasteiger partial charge >= 0.3 is 12.1 Å². The Morgan fingerprint density at radius 1 is 1.20 bits per heavy atom. The van der Waals surface area contributed by atoms with Crippen molar-refractivity contribution in [3.05, 3.63) is 65.6 Å². The summed E-state index contributed by atoms with van der Waals surface area (Å²) in [5.74, 6) is -1.28. The number of nitrogens with zero attached hydrogens (tertiary/aromatic N) is 4. The number of carbonyl (C=O) groups is 1. The first kappa shape index (κ1) is 16.6. The third-order valence-electron chi connectivity index (χ3n) is 3.46. The van der Waals surface area contributed by atoms with Gasteiger partial charge in [0.2, 0.25) is 0 Å². The van der Waals surface area contributed by atoms with Crippen LogP contribution >= 0.6 is 0 Å². The zero-order chi connectivity index (χ0) is 18.0. The fourth-order valence-electron chi connectivity index (χ4n) is 2.38. The van der Waals surface area contributed by atoms with Crippen LogP contribution in [0.2, 0.25) is 0 Å². The molecule has 0 bridgehead atoms. The third-order valence-corrected chi connectivity index (χ3v) is 3.46. The average molecular weight is 348 g/mol. The monoisotopic (exact) mass is 348 g/mol. The minimum atomic E-state index is -4.46. The second-order valence-electron chi connectivity index (χ2n) is 5.19. The molecule has 1 aromatic carbocycles. The van der Waals surface area contributed by atoms with Crippen molar-refractivity contribution in [1.29, 1.82) is 0 Å². The van der Waals surface area contributed by atoms with Crippen molar-refractivity contribution in [3.8, 4) is 11.3 Å². The molecule has 0 atom stereocenters. The summed E-state index contributed by atoms with van der Waals surface area (Å²) in [5.41, 5.74) is -0.122. The van der Waals surface area contributed by atoms with Crippen LogP contribution in [0.5, 0.6) is 0 Å². The van der Waals surface area contributed by atoms with Gasteiger partial charge < -0.3 is 5.11 Å². The smallest absolute Gasteiger partial charge is 0.416 e. The number of hydrogen-bond donors (Lipinski definition) is 1. The molecule has 0 aliphatic heterocycles. The summed E-state index contributed by atoms with van der Waals surface area (Å²) >= 11 is 0. The number of carboxylic acids is 1. The minimum absolute atomic E-state index is 0.0611. The Hall–Kier alpha value is -3.23. The number of aromatic nitrogens is 4. The molecule has 0 radical (unpaired) electrons. The SMILES string of the molecule is O=C(O)c1nnn(Cc2cccc(C(F)(F)F)c2)c1-c1cccnc1. The number of pyridine rings is 1. The number of alkyl halides is 3. The molecule has 25 heavy (non-hydrogen) atoms. The van der Waals surface area contributed by atoms with Crippen molar-refractivity contribution in [1.82, 2.24) is 20.0 Å². The van der Waals surface area contributed by atoms with E-state index >= 15 is 0 Å². The second kappa shape index (κ2) is 6.34. The Balaban J connectivity index is 2.03. The van der Waals surface area contributed by atoms with Crippen molar-refractivity contribution in [2.45, 2.75) is 12.7 Å². The number of carboxylic acid groups (broad SMARTS) is 1. The lowest BCUT2D eigenvalue weighted by atomic mass is 10.1. The highest BCUT2D eigenvalue weighted by Gasteiger charge is 2.30.